The van der Waals surface area contributed by atoms with Crippen LogP contribution in [0.4, 0.5) is 15.8 Å². The molecular weight excluding hydrogens is 315 g/mol. The molecule has 7 heteroatoms. The van der Waals surface area contributed by atoms with Crippen molar-refractivity contribution in [2.45, 2.75) is 26.0 Å². The van der Waals surface area contributed by atoms with Crippen molar-refractivity contribution >= 4 is 17.3 Å². The van der Waals surface area contributed by atoms with E-state index in [-0.39, 0.29) is 24.0 Å². The van der Waals surface area contributed by atoms with Crippen LogP contribution in [0.1, 0.15) is 18.9 Å². The summed E-state index contributed by atoms with van der Waals surface area (Å²) in [5, 5.41) is 10.9. The Morgan fingerprint density at radius 3 is 2.58 bits per heavy atom. The third kappa shape index (κ3) is 2.92. The first-order valence-electron chi connectivity index (χ1n) is 7.50. The van der Waals surface area contributed by atoms with Gasteiger partial charge in [-0.25, -0.2) is 4.39 Å². The third-order valence-electron chi connectivity index (χ3n) is 3.88. The lowest BCUT2D eigenvalue weighted by Gasteiger charge is -2.34. The molecule has 0 N–H and O–H groups in total. The molecule has 0 saturated carbocycles. The number of benzene rings is 2. The normalized spacial score (nSPS) is 16.5. The van der Waals surface area contributed by atoms with E-state index in [4.69, 9.17) is 4.74 Å². The fourth-order valence-electron chi connectivity index (χ4n) is 2.62. The molecule has 124 valence electrons. The quantitative estimate of drug-likeness (QED) is 0.636. The molecule has 1 amide bonds. The number of non-ortho nitro benzene ring substituents is 1. The Morgan fingerprint density at radius 1 is 1.25 bits per heavy atom. The van der Waals surface area contributed by atoms with Crippen molar-refractivity contribution < 1.29 is 18.8 Å². The lowest BCUT2D eigenvalue weighted by Crippen LogP contribution is -2.45. The molecule has 6 nitrogen and oxygen atoms in total. The highest BCUT2D eigenvalue weighted by Crippen LogP contribution is 2.38. The molecule has 24 heavy (non-hydrogen) atoms. The molecule has 0 aromatic heterocycles. The van der Waals surface area contributed by atoms with Gasteiger partial charge in [0.1, 0.15) is 5.82 Å². The Kier molecular flexibility index (Phi) is 4.16. The number of nitro groups is 1. The minimum Gasteiger partial charge on any atom is -0.478 e. The van der Waals surface area contributed by atoms with Crippen molar-refractivity contribution in [3.8, 4) is 5.75 Å². The number of ether oxygens (including phenoxy) is 1. The molecule has 0 aliphatic carbocycles. The van der Waals surface area contributed by atoms with Gasteiger partial charge in [0.25, 0.3) is 11.6 Å². The van der Waals surface area contributed by atoms with E-state index in [0.717, 1.165) is 5.56 Å². The zero-order valence-electron chi connectivity index (χ0n) is 12.9. The molecule has 0 bridgehead atoms. The smallest absolute Gasteiger partial charge is 0.273 e. The maximum absolute atomic E-state index is 13.1. The number of halogens is 1. The van der Waals surface area contributed by atoms with Crippen LogP contribution in [0, 0.1) is 15.9 Å². The van der Waals surface area contributed by atoms with E-state index in [1.165, 1.54) is 35.2 Å². The van der Waals surface area contributed by atoms with E-state index in [9.17, 15) is 19.3 Å². The lowest BCUT2D eigenvalue weighted by atomic mass is 10.1. The van der Waals surface area contributed by atoms with Gasteiger partial charge in [-0.15, -0.1) is 0 Å². The summed E-state index contributed by atoms with van der Waals surface area (Å²) in [4.78, 5) is 24.6. The standard InChI is InChI=1S/C17H15FN2O4/c1-2-15-17(21)19(10-11-3-5-12(18)6-4-11)14-8-7-13(20(22)23)9-16(14)24-15/h3-9,15H,2,10H2,1H3. The number of nitro benzene ring substituents is 1. The van der Waals surface area contributed by atoms with Crippen LogP contribution in [0.25, 0.3) is 0 Å². The van der Waals surface area contributed by atoms with Crippen molar-refractivity contribution in [1.29, 1.82) is 0 Å². The maximum atomic E-state index is 13.1. The Bertz CT molecular complexity index is 792. The Hall–Kier alpha value is -2.96. The molecule has 3 rings (SSSR count). The number of fused-ring (bicyclic) bond motifs is 1. The first kappa shape index (κ1) is 15.9. The Labute approximate surface area is 137 Å². The van der Waals surface area contributed by atoms with Crippen LogP contribution in [0.3, 0.4) is 0 Å². The summed E-state index contributed by atoms with van der Waals surface area (Å²) in [6, 6.07) is 10.0. The SMILES string of the molecule is CCC1Oc2cc([N+](=O)[O-])ccc2N(Cc2ccc(F)cc2)C1=O. The average Bonchev–Trinajstić information content (AvgIpc) is 2.58. The van der Waals surface area contributed by atoms with E-state index in [1.54, 1.807) is 19.1 Å². The summed E-state index contributed by atoms with van der Waals surface area (Å²) < 4.78 is 18.7. The van der Waals surface area contributed by atoms with Gasteiger partial charge in [-0.2, -0.15) is 0 Å². The maximum Gasteiger partial charge on any atom is 0.273 e. The fraction of sp³-hybridized carbons (Fsp3) is 0.235. The summed E-state index contributed by atoms with van der Waals surface area (Å²) in [6.45, 7) is 2.05. The second kappa shape index (κ2) is 6.27. The third-order valence-corrected chi connectivity index (χ3v) is 3.88. The monoisotopic (exact) mass is 330 g/mol. The Morgan fingerprint density at radius 2 is 1.96 bits per heavy atom. The minimum absolute atomic E-state index is 0.0975. The first-order chi connectivity index (χ1) is 11.5. The van der Waals surface area contributed by atoms with Crippen molar-refractivity contribution in [3.05, 3.63) is 64.0 Å². The number of carbonyl (C=O) groups excluding carboxylic acids is 1. The molecule has 1 unspecified atom stereocenters. The number of carbonyl (C=O) groups is 1. The van der Waals surface area contributed by atoms with Gasteiger partial charge in [-0.3, -0.25) is 14.9 Å². The molecular formula is C17H15FN2O4. The van der Waals surface area contributed by atoms with Crippen LogP contribution in [-0.4, -0.2) is 16.9 Å². The number of rotatable bonds is 4. The highest BCUT2D eigenvalue weighted by Gasteiger charge is 2.34. The zero-order valence-corrected chi connectivity index (χ0v) is 12.9. The molecule has 0 spiro atoms. The second-order valence-corrected chi connectivity index (χ2v) is 5.47. The van der Waals surface area contributed by atoms with E-state index in [2.05, 4.69) is 0 Å². The molecule has 1 aliphatic rings. The van der Waals surface area contributed by atoms with Crippen molar-refractivity contribution in [1.82, 2.24) is 0 Å². The van der Waals surface area contributed by atoms with Crippen LogP contribution < -0.4 is 9.64 Å². The van der Waals surface area contributed by atoms with E-state index in [1.807, 2.05) is 0 Å². The van der Waals surface area contributed by atoms with Gasteiger partial charge in [-0.1, -0.05) is 19.1 Å². The summed E-state index contributed by atoms with van der Waals surface area (Å²) >= 11 is 0. The largest absolute Gasteiger partial charge is 0.478 e. The number of nitrogens with zero attached hydrogens (tertiary/aromatic N) is 2. The second-order valence-electron chi connectivity index (χ2n) is 5.47. The summed E-state index contributed by atoms with van der Waals surface area (Å²) in [7, 11) is 0. The number of anilines is 1. The van der Waals surface area contributed by atoms with Crippen molar-refractivity contribution in [2.24, 2.45) is 0 Å². The molecule has 0 fully saturated rings. The minimum atomic E-state index is -0.694. The average molecular weight is 330 g/mol. The van der Waals surface area contributed by atoms with Gasteiger partial charge in [0.15, 0.2) is 11.9 Å². The molecule has 0 radical (unpaired) electrons. The van der Waals surface area contributed by atoms with Gasteiger partial charge < -0.3 is 9.64 Å². The van der Waals surface area contributed by atoms with Gasteiger partial charge in [0, 0.05) is 6.07 Å². The van der Waals surface area contributed by atoms with Crippen LogP contribution in [0.2, 0.25) is 0 Å². The van der Waals surface area contributed by atoms with Crippen molar-refractivity contribution in [3.63, 3.8) is 0 Å². The fourth-order valence-corrected chi connectivity index (χ4v) is 2.62. The molecule has 2 aromatic carbocycles. The Balaban J connectivity index is 1.99. The number of hydrogen-bond acceptors (Lipinski definition) is 4. The number of amides is 1. The zero-order chi connectivity index (χ0) is 17.3. The van der Waals surface area contributed by atoms with Gasteiger partial charge in [0.2, 0.25) is 0 Å². The predicted molar refractivity (Wildman–Crippen MR) is 85.4 cm³/mol. The molecule has 1 heterocycles. The van der Waals surface area contributed by atoms with E-state index in [0.29, 0.717) is 17.9 Å². The van der Waals surface area contributed by atoms with Gasteiger partial charge >= 0.3 is 0 Å². The predicted octanol–water partition coefficient (Wildman–Crippen LogP) is 3.44. The van der Waals surface area contributed by atoms with Crippen LogP contribution in [0.5, 0.6) is 5.75 Å². The topological polar surface area (TPSA) is 72.7 Å². The summed E-state index contributed by atoms with van der Waals surface area (Å²) in [5.74, 6) is -0.268. The number of hydrogen-bond donors (Lipinski definition) is 0. The van der Waals surface area contributed by atoms with Crippen molar-refractivity contribution in [2.75, 3.05) is 4.90 Å². The molecule has 0 saturated heterocycles. The summed E-state index contributed by atoms with van der Waals surface area (Å²) in [5.41, 5.74) is 1.13. The van der Waals surface area contributed by atoms with Crippen LogP contribution in [-0.2, 0) is 11.3 Å². The molecule has 1 aliphatic heterocycles. The highest BCUT2D eigenvalue weighted by molar-refractivity contribution is 6.00. The summed E-state index contributed by atoms with van der Waals surface area (Å²) in [6.07, 6.45) is -0.249. The molecule has 1 atom stereocenters. The van der Waals surface area contributed by atoms with E-state index < -0.39 is 11.0 Å². The van der Waals surface area contributed by atoms with E-state index >= 15 is 0 Å². The molecule has 2 aromatic rings. The van der Waals surface area contributed by atoms with Gasteiger partial charge in [-0.05, 0) is 30.2 Å². The van der Waals surface area contributed by atoms with Gasteiger partial charge in [0.05, 0.1) is 23.2 Å². The van der Waals surface area contributed by atoms with Crippen LogP contribution >= 0.6 is 0 Å². The first-order valence-corrected chi connectivity index (χ1v) is 7.50. The lowest BCUT2D eigenvalue weighted by molar-refractivity contribution is -0.384. The highest BCUT2D eigenvalue weighted by atomic mass is 19.1. The van der Waals surface area contributed by atoms with Crippen LogP contribution in [0.15, 0.2) is 42.5 Å².